The van der Waals surface area contributed by atoms with Crippen LogP contribution in [0.2, 0.25) is 0 Å². The Morgan fingerprint density at radius 3 is 2.54 bits per heavy atom. The molecule has 0 spiro atoms. The van der Waals surface area contributed by atoms with E-state index < -0.39 is 0 Å². The van der Waals surface area contributed by atoms with E-state index in [1.54, 1.807) is 6.33 Å². The Bertz CT molecular complexity index is 720. The largest absolute Gasteiger partial charge is 0.466 e. The van der Waals surface area contributed by atoms with E-state index in [4.69, 9.17) is 4.74 Å². The summed E-state index contributed by atoms with van der Waals surface area (Å²) in [6.45, 7) is 7.83. The van der Waals surface area contributed by atoms with Gasteiger partial charge in [-0.3, -0.25) is 4.79 Å². The third-order valence-corrected chi connectivity index (χ3v) is 4.30. The van der Waals surface area contributed by atoms with Gasteiger partial charge >= 0.3 is 5.97 Å². The van der Waals surface area contributed by atoms with Crippen LogP contribution in [0.15, 0.2) is 18.5 Å². The maximum Gasteiger partial charge on any atom is 0.309 e. The van der Waals surface area contributed by atoms with Crippen molar-refractivity contribution < 1.29 is 9.53 Å². The smallest absolute Gasteiger partial charge is 0.309 e. The molecule has 7 nitrogen and oxygen atoms in total. The second kappa shape index (κ2) is 6.98. The van der Waals surface area contributed by atoms with E-state index in [9.17, 15) is 4.79 Å². The lowest BCUT2D eigenvalue weighted by molar-refractivity contribution is -0.148. The average molecular weight is 329 g/mol. The summed E-state index contributed by atoms with van der Waals surface area (Å²) in [6.07, 6.45) is 3.15. The lowest BCUT2D eigenvalue weighted by atomic mass is 9.97. The molecule has 0 unspecified atom stereocenters. The van der Waals surface area contributed by atoms with Crippen LogP contribution in [0.4, 0.5) is 5.82 Å². The Kier molecular flexibility index (Phi) is 4.78. The second-order valence-corrected chi connectivity index (χ2v) is 6.09. The quantitative estimate of drug-likeness (QED) is 0.800. The first kappa shape index (κ1) is 16.4. The number of aromatic nitrogens is 4. The van der Waals surface area contributed by atoms with Gasteiger partial charge in [0.05, 0.1) is 18.2 Å². The maximum absolute atomic E-state index is 11.8. The molecule has 3 heterocycles. The third kappa shape index (κ3) is 3.39. The molecular weight excluding hydrogens is 306 g/mol. The van der Waals surface area contributed by atoms with Crippen molar-refractivity contribution in [3.8, 4) is 5.82 Å². The summed E-state index contributed by atoms with van der Waals surface area (Å²) in [5.74, 6) is 1.55. The van der Waals surface area contributed by atoms with E-state index in [1.807, 2.05) is 37.6 Å². The molecule has 7 heteroatoms. The van der Waals surface area contributed by atoms with Crippen LogP contribution in [-0.2, 0) is 9.53 Å². The van der Waals surface area contributed by atoms with Gasteiger partial charge in [-0.25, -0.2) is 14.6 Å². The number of rotatable bonds is 4. The molecule has 1 aliphatic heterocycles. The zero-order valence-corrected chi connectivity index (χ0v) is 14.4. The number of anilines is 1. The molecule has 0 bridgehead atoms. The monoisotopic (exact) mass is 329 g/mol. The van der Waals surface area contributed by atoms with E-state index >= 15 is 0 Å². The first-order valence-electron chi connectivity index (χ1n) is 8.35. The summed E-state index contributed by atoms with van der Waals surface area (Å²) in [6, 6.07) is 3.97. The van der Waals surface area contributed by atoms with E-state index in [-0.39, 0.29) is 11.9 Å². The van der Waals surface area contributed by atoms with Crippen molar-refractivity contribution in [3.63, 3.8) is 0 Å². The van der Waals surface area contributed by atoms with Gasteiger partial charge in [0.1, 0.15) is 12.1 Å². The van der Waals surface area contributed by atoms with Crippen LogP contribution in [-0.4, -0.2) is 45.4 Å². The molecule has 0 saturated carbocycles. The summed E-state index contributed by atoms with van der Waals surface area (Å²) in [7, 11) is 0. The van der Waals surface area contributed by atoms with E-state index in [0.717, 1.165) is 49.0 Å². The van der Waals surface area contributed by atoms with Crippen molar-refractivity contribution in [1.82, 2.24) is 19.7 Å². The molecule has 1 aliphatic rings. The van der Waals surface area contributed by atoms with Crippen molar-refractivity contribution in [3.05, 3.63) is 29.8 Å². The van der Waals surface area contributed by atoms with Crippen LogP contribution < -0.4 is 4.90 Å². The summed E-state index contributed by atoms with van der Waals surface area (Å²) in [5, 5.41) is 4.47. The van der Waals surface area contributed by atoms with E-state index in [2.05, 4.69) is 20.0 Å². The van der Waals surface area contributed by atoms with Crippen molar-refractivity contribution in [2.24, 2.45) is 5.92 Å². The maximum atomic E-state index is 11.8. The molecule has 2 aromatic heterocycles. The van der Waals surface area contributed by atoms with E-state index in [1.165, 1.54) is 0 Å². The second-order valence-electron chi connectivity index (χ2n) is 6.09. The molecule has 128 valence electrons. The van der Waals surface area contributed by atoms with Crippen LogP contribution in [0.25, 0.3) is 5.82 Å². The molecular formula is C17H23N5O2. The molecule has 0 aromatic carbocycles. The molecule has 1 fully saturated rings. The van der Waals surface area contributed by atoms with Gasteiger partial charge in [0, 0.05) is 24.8 Å². The van der Waals surface area contributed by atoms with Crippen LogP contribution >= 0.6 is 0 Å². The SMILES string of the molecule is CCOC(=O)C1CCN(c2cc(-n3nc(C)cc3C)ncn2)CC1. The van der Waals surface area contributed by atoms with Crippen LogP contribution in [0.1, 0.15) is 31.2 Å². The number of carbonyl (C=O) groups excluding carboxylic acids is 1. The fraction of sp³-hybridized carbons (Fsp3) is 0.529. The molecule has 1 saturated heterocycles. The summed E-state index contributed by atoms with van der Waals surface area (Å²) in [4.78, 5) is 22.8. The fourth-order valence-corrected chi connectivity index (χ4v) is 3.09. The van der Waals surface area contributed by atoms with Crippen LogP contribution in [0, 0.1) is 19.8 Å². The molecule has 0 N–H and O–H groups in total. The minimum absolute atomic E-state index is 0.00137. The Balaban J connectivity index is 1.72. The standard InChI is InChI=1S/C17H23N5O2/c1-4-24-17(23)14-5-7-21(8-6-14)15-10-16(19-11-18-15)22-13(3)9-12(2)20-22/h9-11,14H,4-8H2,1-3H3. The van der Waals surface area contributed by atoms with Gasteiger partial charge in [0.25, 0.3) is 0 Å². The lowest BCUT2D eigenvalue weighted by Gasteiger charge is -2.31. The molecule has 3 rings (SSSR count). The third-order valence-electron chi connectivity index (χ3n) is 4.30. The van der Waals surface area contributed by atoms with Crippen molar-refractivity contribution in [2.45, 2.75) is 33.6 Å². The number of aryl methyl sites for hydroxylation is 2. The predicted molar refractivity (Wildman–Crippen MR) is 90.2 cm³/mol. The number of hydrogen-bond donors (Lipinski definition) is 0. The predicted octanol–water partition coefficient (Wildman–Crippen LogP) is 2.06. The number of piperidine rings is 1. The first-order valence-corrected chi connectivity index (χ1v) is 8.35. The number of ether oxygens (including phenoxy) is 1. The normalized spacial score (nSPS) is 15.5. The fourth-order valence-electron chi connectivity index (χ4n) is 3.09. The minimum Gasteiger partial charge on any atom is -0.466 e. The molecule has 0 aliphatic carbocycles. The van der Waals surface area contributed by atoms with Gasteiger partial charge in [0.15, 0.2) is 5.82 Å². The Morgan fingerprint density at radius 2 is 1.92 bits per heavy atom. The summed E-state index contributed by atoms with van der Waals surface area (Å²) < 4.78 is 6.95. The topological polar surface area (TPSA) is 73.1 Å². The van der Waals surface area contributed by atoms with E-state index in [0.29, 0.717) is 6.61 Å². The Morgan fingerprint density at radius 1 is 1.21 bits per heavy atom. The molecule has 0 amide bonds. The molecule has 0 radical (unpaired) electrons. The van der Waals surface area contributed by atoms with Gasteiger partial charge < -0.3 is 9.64 Å². The highest BCUT2D eigenvalue weighted by Crippen LogP contribution is 2.23. The highest BCUT2D eigenvalue weighted by Gasteiger charge is 2.26. The number of hydrogen-bond acceptors (Lipinski definition) is 6. The lowest BCUT2D eigenvalue weighted by Crippen LogP contribution is -2.37. The Hall–Kier alpha value is -2.44. The zero-order chi connectivity index (χ0) is 17.1. The summed E-state index contributed by atoms with van der Waals surface area (Å²) >= 11 is 0. The highest BCUT2D eigenvalue weighted by atomic mass is 16.5. The van der Waals surface area contributed by atoms with Crippen molar-refractivity contribution >= 4 is 11.8 Å². The minimum atomic E-state index is -0.0804. The van der Waals surface area contributed by atoms with Crippen molar-refractivity contribution in [2.75, 3.05) is 24.6 Å². The number of nitrogens with zero attached hydrogens (tertiary/aromatic N) is 5. The zero-order valence-electron chi connectivity index (χ0n) is 14.4. The van der Waals surface area contributed by atoms with Crippen LogP contribution in [0.5, 0.6) is 0 Å². The van der Waals surface area contributed by atoms with Gasteiger partial charge in [-0.2, -0.15) is 5.10 Å². The van der Waals surface area contributed by atoms with Gasteiger partial charge in [-0.05, 0) is 39.7 Å². The molecule has 2 aromatic rings. The Labute approximate surface area is 141 Å². The van der Waals surface area contributed by atoms with Crippen molar-refractivity contribution in [1.29, 1.82) is 0 Å². The molecule has 0 atom stereocenters. The first-order chi connectivity index (χ1) is 11.6. The average Bonchev–Trinajstić information content (AvgIpc) is 2.94. The van der Waals surface area contributed by atoms with Gasteiger partial charge in [-0.1, -0.05) is 0 Å². The van der Waals surface area contributed by atoms with Gasteiger partial charge in [0.2, 0.25) is 0 Å². The van der Waals surface area contributed by atoms with Crippen LogP contribution in [0.3, 0.4) is 0 Å². The number of esters is 1. The highest BCUT2D eigenvalue weighted by molar-refractivity contribution is 5.72. The summed E-state index contributed by atoms with van der Waals surface area (Å²) in [5.41, 5.74) is 2.00. The number of carbonyl (C=O) groups is 1. The molecule has 24 heavy (non-hydrogen) atoms. The van der Waals surface area contributed by atoms with Gasteiger partial charge in [-0.15, -0.1) is 0 Å².